The molecule has 3 heteroatoms. The van der Waals surface area contributed by atoms with Gasteiger partial charge in [0.15, 0.2) is 0 Å². The first-order chi connectivity index (χ1) is 7.69. The molecule has 2 rings (SSSR count). The maximum absolute atomic E-state index is 3.91. The third kappa shape index (κ3) is 3.14. The average molecular weight is 242 g/mol. The van der Waals surface area contributed by atoms with Crippen LogP contribution in [-0.4, -0.2) is 48.6 Å². The fourth-order valence-electron chi connectivity index (χ4n) is 3.21. The Labute approximate surface area is 105 Å². The van der Waals surface area contributed by atoms with Crippen molar-refractivity contribution in [2.24, 2.45) is 5.92 Å². The quantitative estimate of drug-likeness (QED) is 0.817. The van der Waals surface area contributed by atoms with Gasteiger partial charge in [0.2, 0.25) is 0 Å². The lowest BCUT2D eigenvalue weighted by molar-refractivity contribution is 0.166. The second-order valence-electron chi connectivity index (χ2n) is 5.67. The van der Waals surface area contributed by atoms with E-state index < -0.39 is 0 Å². The summed E-state index contributed by atoms with van der Waals surface area (Å²) in [5, 5.41) is 4.83. The molecule has 1 saturated carbocycles. The molecular weight excluding hydrogens is 216 g/mol. The van der Waals surface area contributed by atoms with Crippen molar-refractivity contribution in [3.63, 3.8) is 0 Å². The van der Waals surface area contributed by atoms with Crippen molar-refractivity contribution < 1.29 is 0 Å². The zero-order valence-corrected chi connectivity index (χ0v) is 11.7. The van der Waals surface area contributed by atoms with E-state index in [1.54, 1.807) is 0 Å². The number of hydrogen-bond donors (Lipinski definition) is 1. The van der Waals surface area contributed by atoms with Gasteiger partial charge >= 0.3 is 0 Å². The predicted octanol–water partition coefficient (Wildman–Crippen LogP) is 2.20. The highest BCUT2D eigenvalue weighted by Crippen LogP contribution is 2.29. The lowest BCUT2D eigenvalue weighted by Gasteiger charge is -2.37. The molecule has 0 amide bonds. The molecule has 0 aromatic rings. The van der Waals surface area contributed by atoms with Crippen LogP contribution < -0.4 is 5.32 Å². The molecule has 94 valence electrons. The van der Waals surface area contributed by atoms with Crippen molar-refractivity contribution >= 4 is 11.8 Å². The molecule has 1 aliphatic heterocycles. The van der Waals surface area contributed by atoms with Crippen molar-refractivity contribution in [3.05, 3.63) is 0 Å². The maximum Gasteiger partial charge on any atom is 0.0120 e. The van der Waals surface area contributed by atoms with Crippen molar-refractivity contribution in [2.75, 3.05) is 26.4 Å². The molecular formula is C13H26N2S. The van der Waals surface area contributed by atoms with E-state index in [0.29, 0.717) is 0 Å². The first-order valence-electron chi connectivity index (χ1n) is 6.66. The molecule has 0 radical (unpaired) electrons. The van der Waals surface area contributed by atoms with Gasteiger partial charge in [-0.3, -0.25) is 0 Å². The van der Waals surface area contributed by atoms with Gasteiger partial charge in [-0.05, 0) is 51.4 Å². The Morgan fingerprint density at radius 1 is 1.25 bits per heavy atom. The summed E-state index contributed by atoms with van der Waals surface area (Å²) >= 11 is 2.05. The third-order valence-corrected chi connectivity index (χ3v) is 5.37. The fourth-order valence-corrected chi connectivity index (χ4v) is 4.01. The van der Waals surface area contributed by atoms with Crippen LogP contribution in [0, 0.1) is 5.92 Å². The largest absolute Gasteiger partial charge is 0.311 e. The van der Waals surface area contributed by atoms with E-state index >= 15 is 0 Å². The molecule has 4 unspecified atom stereocenters. The summed E-state index contributed by atoms with van der Waals surface area (Å²) in [6, 6.07) is 1.56. The minimum absolute atomic E-state index is 0.766. The highest BCUT2D eigenvalue weighted by molar-refractivity contribution is 7.99. The number of nitrogens with one attached hydrogen (secondary N) is 1. The van der Waals surface area contributed by atoms with E-state index in [4.69, 9.17) is 0 Å². The number of piperidine rings is 1. The van der Waals surface area contributed by atoms with Crippen LogP contribution in [0.3, 0.4) is 0 Å². The van der Waals surface area contributed by atoms with Gasteiger partial charge in [-0.15, -0.1) is 0 Å². The van der Waals surface area contributed by atoms with Crippen LogP contribution in [0.2, 0.25) is 0 Å². The molecule has 0 aromatic carbocycles. The molecule has 4 atom stereocenters. The first-order valence-corrected chi connectivity index (χ1v) is 7.95. The van der Waals surface area contributed by atoms with Gasteiger partial charge in [0.05, 0.1) is 0 Å². The Bertz CT molecular complexity index is 222. The average Bonchev–Trinajstić information content (AvgIpc) is 2.70. The minimum atomic E-state index is 0.766. The van der Waals surface area contributed by atoms with E-state index in [9.17, 15) is 0 Å². The molecule has 1 saturated heterocycles. The number of hydrogen-bond acceptors (Lipinski definition) is 3. The summed E-state index contributed by atoms with van der Waals surface area (Å²) in [6.07, 6.45) is 7.79. The van der Waals surface area contributed by atoms with Crippen LogP contribution in [0.15, 0.2) is 0 Å². The number of likely N-dealkylation sites (tertiary alicyclic amines) is 1. The van der Waals surface area contributed by atoms with Gasteiger partial charge in [0.1, 0.15) is 0 Å². The number of rotatable bonds is 3. The second-order valence-corrected chi connectivity index (χ2v) is 6.81. The van der Waals surface area contributed by atoms with Gasteiger partial charge in [-0.1, -0.05) is 6.92 Å². The van der Waals surface area contributed by atoms with Crippen LogP contribution in [0.4, 0.5) is 0 Å². The molecule has 0 aromatic heterocycles. The van der Waals surface area contributed by atoms with Gasteiger partial charge in [0, 0.05) is 23.9 Å². The molecule has 1 heterocycles. The Balaban J connectivity index is 1.77. The molecule has 2 fully saturated rings. The van der Waals surface area contributed by atoms with Crippen LogP contribution in [0.1, 0.15) is 32.6 Å². The molecule has 2 nitrogen and oxygen atoms in total. The van der Waals surface area contributed by atoms with E-state index in [0.717, 1.165) is 23.3 Å². The number of thioether (sulfide) groups is 1. The molecule has 16 heavy (non-hydrogen) atoms. The van der Waals surface area contributed by atoms with Crippen molar-refractivity contribution in [1.29, 1.82) is 0 Å². The molecule has 0 spiro atoms. The van der Waals surface area contributed by atoms with E-state index in [1.165, 1.54) is 38.8 Å². The van der Waals surface area contributed by atoms with Gasteiger partial charge < -0.3 is 10.2 Å². The van der Waals surface area contributed by atoms with Crippen molar-refractivity contribution in [1.82, 2.24) is 10.2 Å². The molecule has 1 aliphatic carbocycles. The summed E-state index contributed by atoms with van der Waals surface area (Å²) in [6.45, 7) is 4.92. The normalized spacial score (nSPS) is 41.4. The smallest absolute Gasteiger partial charge is 0.0120 e. The SMILES string of the molecule is CSC1CCC(NC2CCN(C)CC2C)C1. The fraction of sp³-hybridized carbons (Fsp3) is 1.00. The summed E-state index contributed by atoms with van der Waals surface area (Å²) < 4.78 is 0. The van der Waals surface area contributed by atoms with Gasteiger partial charge in [0.25, 0.3) is 0 Å². The molecule has 1 N–H and O–H groups in total. The minimum Gasteiger partial charge on any atom is -0.311 e. The Hall–Kier alpha value is 0.270. The lowest BCUT2D eigenvalue weighted by atomic mass is 9.93. The zero-order valence-electron chi connectivity index (χ0n) is 10.9. The Kier molecular flexibility index (Phi) is 4.57. The van der Waals surface area contributed by atoms with Crippen LogP contribution >= 0.6 is 11.8 Å². The topological polar surface area (TPSA) is 15.3 Å². The zero-order chi connectivity index (χ0) is 11.5. The Morgan fingerprint density at radius 3 is 2.69 bits per heavy atom. The maximum atomic E-state index is 3.91. The summed E-state index contributed by atoms with van der Waals surface area (Å²) in [7, 11) is 2.24. The van der Waals surface area contributed by atoms with Gasteiger partial charge in [-0.2, -0.15) is 11.8 Å². The summed E-state index contributed by atoms with van der Waals surface area (Å²) in [4.78, 5) is 2.46. The second kappa shape index (κ2) is 5.74. The monoisotopic (exact) mass is 242 g/mol. The highest BCUT2D eigenvalue weighted by Gasteiger charge is 2.29. The van der Waals surface area contributed by atoms with Crippen molar-refractivity contribution in [3.8, 4) is 0 Å². The summed E-state index contributed by atoms with van der Waals surface area (Å²) in [5.41, 5.74) is 0. The lowest BCUT2D eigenvalue weighted by Crippen LogP contribution is -2.49. The van der Waals surface area contributed by atoms with E-state index in [2.05, 4.69) is 42.2 Å². The molecule has 2 aliphatic rings. The first kappa shape index (κ1) is 12.7. The third-order valence-electron chi connectivity index (χ3n) is 4.28. The number of nitrogens with zero attached hydrogens (tertiary/aromatic N) is 1. The summed E-state index contributed by atoms with van der Waals surface area (Å²) in [5.74, 6) is 0.812. The van der Waals surface area contributed by atoms with E-state index in [-0.39, 0.29) is 0 Å². The van der Waals surface area contributed by atoms with E-state index in [1.807, 2.05) is 0 Å². The standard InChI is InChI=1S/C13H26N2S/c1-10-9-15(2)7-6-13(10)14-11-4-5-12(8-11)16-3/h10-14H,4-9H2,1-3H3. The van der Waals surface area contributed by atoms with Gasteiger partial charge in [-0.25, -0.2) is 0 Å². The Morgan fingerprint density at radius 2 is 2.06 bits per heavy atom. The predicted molar refractivity (Wildman–Crippen MR) is 73.1 cm³/mol. The highest BCUT2D eigenvalue weighted by atomic mass is 32.2. The van der Waals surface area contributed by atoms with Crippen LogP contribution in [0.5, 0.6) is 0 Å². The van der Waals surface area contributed by atoms with Crippen molar-refractivity contribution in [2.45, 2.75) is 49.9 Å². The molecule has 0 bridgehead atoms. The van der Waals surface area contributed by atoms with Crippen LogP contribution in [0.25, 0.3) is 0 Å². The van der Waals surface area contributed by atoms with Crippen LogP contribution in [-0.2, 0) is 0 Å².